The van der Waals surface area contributed by atoms with E-state index in [9.17, 15) is 14.7 Å². The minimum atomic E-state index is -1.12. The van der Waals surface area contributed by atoms with Crippen molar-refractivity contribution in [3.63, 3.8) is 0 Å². The molecular formula is C12H14N2O5. The standard InChI is InChI=1S/C12H14N2O5/c1-19-9-3-2-8(10(15)4-9)5-13-6-11(16)14-7-12(17)18/h2-5,15H,6-7H2,1H3,(H,14,16)(H,17,18). The van der Waals surface area contributed by atoms with E-state index in [-0.39, 0.29) is 12.3 Å². The number of phenolic OH excluding ortho intramolecular Hbond substituents is 1. The number of ether oxygens (including phenoxy) is 1. The Bertz CT molecular complexity index is 499. The van der Waals surface area contributed by atoms with Gasteiger partial charge in [0.2, 0.25) is 5.91 Å². The summed E-state index contributed by atoms with van der Waals surface area (Å²) in [4.78, 5) is 25.2. The molecule has 0 radical (unpaired) electrons. The first-order valence-corrected chi connectivity index (χ1v) is 5.38. The van der Waals surface area contributed by atoms with Gasteiger partial charge in [0.1, 0.15) is 24.6 Å². The number of carbonyl (C=O) groups excluding carboxylic acids is 1. The van der Waals surface area contributed by atoms with Gasteiger partial charge in [-0.15, -0.1) is 0 Å². The summed E-state index contributed by atoms with van der Waals surface area (Å²) < 4.78 is 4.92. The molecule has 0 saturated heterocycles. The number of aromatic hydroxyl groups is 1. The highest BCUT2D eigenvalue weighted by atomic mass is 16.5. The number of hydrogen-bond acceptors (Lipinski definition) is 5. The number of benzene rings is 1. The van der Waals surface area contributed by atoms with E-state index in [2.05, 4.69) is 10.3 Å². The molecule has 7 nitrogen and oxygen atoms in total. The van der Waals surface area contributed by atoms with E-state index in [4.69, 9.17) is 9.84 Å². The second kappa shape index (κ2) is 7.00. The van der Waals surface area contributed by atoms with Gasteiger partial charge < -0.3 is 20.3 Å². The Morgan fingerprint density at radius 1 is 1.47 bits per heavy atom. The number of phenols is 1. The van der Waals surface area contributed by atoms with Crippen LogP contribution in [0, 0.1) is 0 Å². The lowest BCUT2D eigenvalue weighted by Crippen LogP contribution is -2.30. The van der Waals surface area contributed by atoms with E-state index in [1.807, 2.05) is 0 Å². The number of nitrogens with one attached hydrogen (secondary N) is 1. The van der Waals surface area contributed by atoms with Gasteiger partial charge in [0.05, 0.1) is 7.11 Å². The summed E-state index contributed by atoms with van der Waals surface area (Å²) in [7, 11) is 1.48. The maximum absolute atomic E-state index is 11.2. The number of amides is 1. The molecule has 0 unspecified atom stereocenters. The van der Waals surface area contributed by atoms with Crippen LogP contribution in [0.5, 0.6) is 11.5 Å². The largest absolute Gasteiger partial charge is 0.507 e. The number of aliphatic carboxylic acids is 1. The minimum Gasteiger partial charge on any atom is -0.507 e. The summed E-state index contributed by atoms with van der Waals surface area (Å²) in [6.45, 7) is -0.652. The average molecular weight is 266 g/mol. The highest BCUT2D eigenvalue weighted by Gasteiger charge is 2.03. The molecule has 0 aliphatic carbocycles. The number of rotatable bonds is 6. The Labute approximate surface area is 109 Å². The quantitative estimate of drug-likeness (QED) is 0.629. The predicted octanol–water partition coefficient (Wildman–Crippen LogP) is 0.0205. The maximum atomic E-state index is 11.2. The molecule has 0 heterocycles. The Morgan fingerprint density at radius 3 is 2.79 bits per heavy atom. The van der Waals surface area contributed by atoms with Gasteiger partial charge in [-0.25, -0.2) is 0 Å². The van der Waals surface area contributed by atoms with Crippen LogP contribution in [0.2, 0.25) is 0 Å². The molecule has 0 aliphatic heterocycles. The Balaban J connectivity index is 2.53. The lowest BCUT2D eigenvalue weighted by molar-refractivity contribution is -0.137. The van der Waals surface area contributed by atoms with Crippen molar-refractivity contribution in [2.45, 2.75) is 0 Å². The van der Waals surface area contributed by atoms with Gasteiger partial charge >= 0.3 is 5.97 Å². The Kier molecular flexibility index (Phi) is 5.34. The summed E-state index contributed by atoms with van der Waals surface area (Å²) in [5.41, 5.74) is 0.437. The van der Waals surface area contributed by atoms with Crippen LogP contribution in [0.15, 0.2) is 23.2 Å². The summed E-state index contributed by atoms with van der Waals surface area (Å²) in [5.74, 6) is -1.14. The Morgan fingerprint density at radius 2 is 2.21 bits per heavy atom. The van der Waals surface area contributed by atoms with Crippen LogP contribution in [-0.4, -0.2) is 48.5 Å². The third kappa shape index (κ3) is 5.07. The second-order valence-corrected chi connectivity index (χ2v) is 3.57. The zero-order valence-electron chi connectivity index (χ0n) is 10.3. The van der Waals surface area contributed by atoms with Crippen molar-refractivity contribution in [1.29, 1.82) is 0 Å². The van der Waals surface area contributed by atoms with Gasteiger partial charge in [0, 0.05) is 17.8 Å². The molecule has 102 valence electrons. The average Bonchev–Trinajstić information content (AvgIpc) is 2.38. The molecule has 0 spiro atoms. The normalized spacial score (nSPS) is 10.4. The maximum Gasteiger partial charge on any atom is 0.322 e. The summed E-state index contributed by atoms with van der Waals surface area (Å²) in [5, 5.41) is 20.1. The van der Waals surface area contributed by atoms with Gasteiger partial charge in [-0.1, -0.05) is 0 Å². The summed E-state index contributed by atoms with van der Waals surface area (Å²) in [6.07, 6.45) is 1.33. The molecule has 0 aliphatic rings. The van der Waals surface area contributed by atoms with Crippen molar-refractivity contribution in [1.82, 2.24) is 5.32 Å². The molecule has 19 heavy (non-hydrogen) atoms. The van der Waals surface area contributed by atoms with E-state index in [1.54, 1.807) is 12.1 Å². The minimum absolute atomic E-state index is 0.0194. The third-order valence-electron chi connectivity index (χ3n) is 2.14. The molecule has 3 N–H and O–H groups in total. The van der Waals surface area contributed by atoms with Crippen molar-refractivity contribution < 1.29 is 24.5 Å². The Hall–Kier alpha value is -2.57. The first kappa shape index (κ1) is 14.5. The number of carbonyl (C=O) groups is 2. The van der Waals surface area contributed by atoms with E-state index >= 15 is 0 Å². The van der Waals surface area contributed by atoms with Gasteiger partial charge in [-0.3, -0.25) is 14.6 Å². The van der Waals surface area contributed by atoms with Crippen molar-refractivity contribution in [2.75, 3.05) is 20.2 Å². The molecule has 1 amide bonds. The van der Waals surface area contributed by atoms with Crippen LogP contribution in [0.25, 0.3) is 0 Å². The zero-order chi connectivity index (χ0) is 14.3. The van der Waals surface area contributed by atoms with Crippen LogP contribution >= 0.6 is 0 Å². The monoisotopic (exact) mass is 266 g/mol. The van der Waals surface area contributed by atoms with Crippen molar-refractivity contribution in [2.24, 2.45) is 4.99 Å². The lowest BCUT2D eigenvalue weighted by atomic mass is 10.2. The topological polar surface area (TPSA) is 108 Å². The predicted molar refractivity (Wildman–Crippen MR) is 67.8 cm³/mol. The molecule has 1 aromatic carbocycles. The fourth-order valence-electron chi connectivity index (χ4n) is 1.22. The number of carboxylic acids is 1. The van der Waals surface area contributed by atoms with E-state index in [0.717, 1.165) is 0 Å². The van der Waals surface area contributed by atoms with Crippen LogP contribution in [-0.2, 0) is 9.59 Å². The molecule has 0 saturated carbocycles. The van der Waals surface area contributed by atoms with Crippen LogP contribution < -0.4 is 10.1 Å². The van der Waals surface area contributed by atoms with E-state index in [0.29, 0.717) is 11.3 Å². The molecule has 0 aromatic heterocycles. The molecule has 0 atom stereocenters. The number of nitrogens with zero attached hydrogens (tertiary/aromatic N) is 1. The lowest BCUT2D eigenvalue weighted by Gasteiger charge is -2.02. The summed E-state index contributed by atoms with van der Waals surface area (Å²) >= 11 is 0. The smallest absolute Gasteiger partial charge is 0.322 e. The highest BCUT2D eigenvalue weighted by Crippen LogP contribution is 2.21. The number of methoxy groups -OCH3 is 1. The molecule has 1 aromatic rings. The fourth-order valence-corrected chi connectivity index (χ4v) is 1.22. The van der Waals surface area contributed by atoms with E-state index < -0.39 is 18.4 Å². The number of hydrogen-bond donors (Lipinski definition) is 3. The van der Waals surface area contributed by atoms with Crippen molar-refractivity contribution in [3.8, 4) is 11.5 Å². The first-order valence-electron chi connectivity index (χ1n) is 5.38. The third-order valence-corrected chi connectivity index (χ3v) is 2.14. The van der Waals surface area contributed by atoms with E-state index in [1.165, 1.54) is 19.4 Å². The number of carboxylic acid groups (broad SMARTS) is 1. The molecular weight excluding hydrogens is 252 g/mol. The van der Waals surface area contributed by atoms with Crippen LogP contribution in [0.4, 0.5) is 0 Å². The first-order chi connectivity index (χ1) is 9.02. The van der Waals surface area contributed by atoms with Gasteiger partial charge in [0.15, 0.2) is 0 Å². The summed E-state index contributed by atoms with van der Waals surface area (Å²) in [6, 6.07) is 4.66. The molecule has 0 bridgehead atoms. The van der Waals surface area contributed by atoms with Crippen molar-refractivity contribution >= 4 is 18.1 Å². The van der Waals surface area contributed by atoms with Crippen LogP contribution in [0.1, 0.15) is 5.56 Å². The van der Waals surface area contributed by atoms with Gasteiger partial charge in [-0.05, 0) is 12.1 Å². The van der Waals surface area contributed by atoms with Gasteiger partial charge in [-0.2, -0.15) is 0 Å². The molecule has 1 rings (SSSR count). The number of aliphatic imine (C=N–C) groups is 1. The van der Waals surface area contributed by atoms with Crippen LogP contribution in [0.3, 0.4) is 0 Å². The molecule has 0 fully saturated rings. The van der Waals surface area contributed by atoms with Gasteiger partial charge in [0.25, 0.3) is 0 Å². The zero-order valence-corrected chi connectivity index (χ0v) is 10.3. The second-order valence-electron chi connectivity index (χ2n) is 3.57. The SMILES string of the molecule is COc1ccc(C=NCC(=O)NCC(=O)O)c(O)c1. The van der Waals surface area contributed by atoms with Crippen molar-refractivity contribution in [3.05, 3.63) is 23.8 Å². The highest BCUT2D eigenvalue weighted by molar-refractivity contribution is 5.87. The fraction of sp³-hybridized carbons (Fsp3) is 0.250. The molecule has 7 heteroatoms.